The molecule has 0 aliphatic rings. The summed E-state index contributed by atoms with van der Waals surface area (Å²) in [4.78, 5) is 22.3. The maximum Gasteiger partial charge on any atom is 0.338 e. The molecule has 0 radical (unpaired) electrons. The fourth-order valence-corrected chi connectivity index (χ4v) is 5.56. The summed E-state index contributed by atoms with van der Waals surface area (Å²) in [5.41, 5.74) is 10.1. The van der Waals surface area contributed by atoms with Crippen molar-refractivity contribution in [1.82, 2.24) is 19.1 Å². The minimum atomic E-state index is -0.333. The molecule has 0 atom stereocenters. The summed E-state index contributed by atoms with van der Waals surface area (Å²) in [5.74, 6) is 1.70. The minimum absolute atomic E-state index is 0.333. The van der Waals surface area contributed by atoms with Gasteiger partial charge in [0.25, 0.3) is 0 Å². The van der Waals surface area contributed by atoms with Crippen LogP contribution in [-0.4, -0.2) is 32.2 Å². The molecule has 0 aliphatic carbocycles. The number of imidazole rings is 2. The number of nitrogens with zero attached hydrogens (tertiary/aromatic N) is 4. The number of ether oxygens (including phenoxy) is 1. The van der Waals surface area contributed by atoms with E-state index in [-0.39, 0.29) is 5.97 Å². The molecule has 2 aromatic heterocycles. The van der Waals surface area contributed by atoms with E-state index in [1.807, 2.05) is 44.2 Å². The third kappa shape index (κ3) is 5.32. The van der Waals surface area contributed by atoms with Crippen molar-refractivity contribution in [2.24, 2.45) is 7.05 Å². The topological polar surface area (TPSA) is 61.9 Å². The predicted molar refractivity (Wildman–Crippen MR) is 172 cm³/mol. The molecular weight excluding hydrogens is 520 g/mol. The van der Waals surface area contributed by atoms with Crippen LogP contribution in [0.2, 0.25) is 0 Å². The van der Waals surface area contributed by atoms with Gasteiger partial charge in [0.2, 0.25) is 0 Å². The number of aromatic nitrogens is 4. The lowest BCUT2D eigenvalue weighted by atomic mass is 9.98. The van der Waals surface area contributed by atoms with Gasteiger partial charge in [-0.1, -0.05) is 75.4 Å². The molecule has 4 aromatic carbocycles. The van der Waals surface area contributed by atoms with Gasteiger partial charge in [-0.15, -0.1) is 0 Å². The normalized spacial score (nSPS) is 11.0. The third-order valence-electron chi connectivity index (χ3n) is 7.58. The molecule has 214 valence electrons. The van der Waals surface area contributed by atoms with E-state index in [9.17, 15) is 4.79 Å². The van der Waals surface area contributed by atoms with Crippen LogP contribution in [0.3, 0.4) is 0 Å². The van der Waals surface area contributed by atoms with Crippen molar-refractivity contribution in [3.8, 4) is 22.5 Å². The summed E-state index contributed by atoms with van der Waals surface area (Å²) in [5, 5.41) is 0. The van der Waals surface area contributed by atoms with Gasteiger partial charge in [0.1, 0.15) is 11.6 Å². The van der Waals surface area contributed by atoms with Crippen molar-refractivity contribution < 1.29 is 9.53 Å². The number of esters is 1. The molecule has 0 bridgehead atoms. The van der Waals surface area contributed by atoms with Gasteiger partial charge < -0.3 is 13.9 Å². The predicted octanol–water partition coefficient (Wildman–Crippen LogP) is 8.38. The standard InChI is InChI=1S/C34H32N4O2.C2H6/c1-5-10-31-36-32-22(2)19-25(33-35-28-13-8-9-14-29(28)37(33)3)20-30(32)38(31)21-23-15-17-24(18-16-23)26-11-6-7-12-27(26)34(39)40-4;1-2/h6-9,11-20H,5,10,21H2,1-4H3;1-2H3. The highest BCUT2D eigenvalue weighted by Crippen LogP contribution is 2.31. The van der Waals surface area contributed by atoms with Crippen LogP contribution in [0.4, 0.5) is 0 Å². The number of fused-ring (bicyclic) bond motifs is 2. The molecule has 0 aliphatic heterocycles. The van der Waals surface area contributed by atoms with Crippen LogP contribution in [0.25, 0.3) is 44.6 Å². The van der Waals surface area contributed by atoms with E-state index in [1.54, 1.807) is 6.07 Å². The minimum Gasteiger partial charge on any atom is -0.465 e. The second-order valence-electron chi connectivity index (χ2n) is 10.2. The van der Waals surface area contributed by atoms with Crippen molar-refractivity contribution in [1.29, 1.82) is 0 Å². The third-order valence-corrected chi connectivity index (χ3v) is 7.58. The lowest BCUT2D eigenvalue weighted by Gasteiger charge is -2.12. The number of benzene rings is 4. The SMILES string of the molecule is CC.CCCc1nc2c(C)cc(-c3nc4ccccc4n3C)cc2n1Cc1ccc(-c2ccccc2C(=O)OC)cc1. The first-order valence-corrected chi connectivity index (χ1v) is 14.7. The molecule has 2 heterocycles. The van der Waals surface area contributed by atoms with Crippen LogP contribution in [0.15, 0.2) is 84.9 Å². The van der Waals surface area contributed by atoms with Crippen LogP contribution in [0.5, 0.6) is 0 Å². The zero-order chi connectivity index (χ0) is 29.8. The molecule has 6 aromatic rings. The Balaban J connectivity index is 0.00000173. The van der Waals surface area contributed by atoms with E-state index < -0.39 is 0 Å². The molecular formula is C36H38N4O2. The molecule has 0 spiro atoms. The molecule has 6 nitrogen and oxygen atoms in total. The van der Waals surface area contributed by atoms with Crippen molar-refractivity contribution in [2.75, 3.05) is 7.11 Å². The smallest absolute Gasteiger partial charge is 0.338 e. The fraction of sp³-hybridized carbons (Fsp3) is 0.250. The molecule has 42 heavy (non-hydrogen) atoms. The van der Waals surface area contributed by atoms with Gasteiger partial charge in [-0.05, 0) is 65.9 Å². The highest BCUT2D eigenvalue weighted by molar-refractivity contribution is 5.97. The van der Waals surface area contributed by atoms with Crippen molar-refractivity contribution in [2.45, 2.75) is 47.1 Å². The van der Waals surface area contributed by atoms with Crippen LogP contribution in [0.1, 0.15) is 54.5 Å². The van der Waals surface area contributed by atoms with E-state index in [2.05, 4.69) is 78.6 Å². The fourth-order valence-electron chi connectivity index (χ4n) is 5.56. The Hall–Kier alpha value is -4.71. The van der Waals surface area contributed by atoms with Gasteiger partial charge in [0.05, 0.1) is 34.7 Å². The number of para-hydroxylation sites is 2. The summed E-state index contributed by atoms with van der Waals surface area (Å²) < 4.78 is 9.49. The molecule has 0 unspecified atom stereocenters. The van der Waals surface area contributed by atoms with Gasteiger partial charge in [0, 0.05) is 25.6 Å². The van der Waals surface area contributed by atoms with Crippen LogP contribution in [-0.2, 0) is 24.8 Å². The monoisotopic (exact) mass is 558 g/mol. The molecule has 0 saturated heterocycles. The first-order chi connectivity index (χ1) is 20.5. The highest BCUT2D eigenvalue weighted by Gasteiger charge is 2.18. The van der Waals surface area contributed by atoms with Crippen molar-refractivity contribution in [3.05, 3.63) is 107 Å². The summed E-state index contributed by atoms with van der Waals surface area (Å²) in [6.07, 6.45) is 1.92. The Morgan fingerprint density at radius 3 is 2.29 bits per heavy atom. The summed E-state index contributed by atoms with van der Waals surface area (Å²) >= 11 is 0. The Kier molecular flexibility index (Phi) is 8.53. The van der Waals surface area contributed by atoms with E-state index >= 15 is 0 Å². The van der Waals surface area contributed by atoms with Gasteiger partial charge >= 0.3 is 5.97 Å². The van der Waals surface area contributed by atoms with Gasteiger partial charge in [-0.3, -0.25) is 0 Å². The summed E-state index contributed by atoms with van der Waals surface area (Å²) in [6, 6.07) is 28.6. The molecule has 0 fully saturated rings. The number of carbonyl (C=O) groups is 1. The first kappa shape index (κ1) is 28.8. The van der Waals surface area contributed by atoms with Crippen LogP contribution < -0.4 is 0 Å². The van der Waals surface area contributed by atoms with Crippen molar-refractivity contribution >= 4 is 28.0 Å². The van der Waals surface area contributed by atoms with Crippen molar-refractivity contribution in [3.63, 3.8) is 0 Å². The zero-order valence-corrected chi connectivity index (χ0v) is 25.3. The van der Waals surface area contributed by atoms with Crippen LogP contribution >= 0.6 is 0 Å². The molecule has 0 saturated carbocycles. The molecule has 0 amide bonds. The molecule has 6 rings (SSSR count). The molecule has 6 heteroatoms. The lowest BCUT2D eigenvalue weighted by molar-refractivity contribution is 0.0601. The first-order valence-electron chi connectivity index (χ1n) is 14.7. The Bertz CT molecular complexity index is 1860. The van der Waals surface area contributed by atoms with Gasteiger partial charge in [0.15, 0.2) is 0 Å². The number of carbonyl (C=O) groups excluding carboxylic acids is 1. The Labute approximate surface area is 247 Å². The number of hydrogen-bond acceptors (Lipinski definition) is 4. The average Bonchev–Trinajstić information content (AvgIpc) is 3.55. The zero-order valence-electron chi connectivity index (χ0n) is 25.3. The molecule has 0 N–H and O–H groups in total. The largest absolute Gasteiger partial charge is 0.465 e. The number of methoxy groups -OCH3 is 1. The highest BCUT2D eigenvalue weighted by atomic mass is 16.5. The quantitative estimate of drug-likeness (QED) is 0.185. The Morgan fingerprint density at radius 1 is 0.857 bits per heavy atom. The van der Waals surface area contributed by atoms with Gasteiger partial charge in [-0.2, -0.15) is 0 Å². The van der Waals surface area contributed by atoms with E-state index in [4.69, 9.17) is 14.7 Å². The van der Waals surface area contributed by atoms with E-state index in [0.717, 1.165) is 68.8 Å². The maximum atomic E-state index is 12.3. The summed E-state index contributed by atoms with van der Waals surface area (Å²) in [7, 11) is 3.48. The summed E-state index contributed by atoms with van der Waals surface area (Å²) in [6.45, 7) is 9.03. The van der Waals surface area contributed by atoms with E-state index in [1.165, 1.54) is 12.7 Å². The lowest BCUT2D eigenvalue weighted by Crippen LogP contribution is -2.06. The second-order valence-corrected chi connectivity index (χ2v) is 10.2. The van der Waals surface area contributed by atoms with E-state index in [0.29, 0.717) is 12.1 Å². The number of rotatable bonds is 7. The number of aryl methyl sites for hydroxylation is 3. The Morgan fingerprint density at radius 2 is 1.57 bits per heavy atom. The average molecular weight is 559 g/mol. The van der Waals surface area contributed by atoms with Gasteiger partial charge in [-0.25, -0.2) is 14.8 Å². The van der Waals surface area contributed by atoms with Crippen LogP contribution in [0, 0.1) is 6.92 Å². The maximum absolute atomic E-state index is 12.3. The number of hydrogen-bond donors (Lipinski definition) is 0. The second kappa shape index (κ2) is 12.4.